The van der Waals surface area contributed by atoms with Gasteiger partial charge in [0.2, 0.25) is 0 Å². The number of piperazine rings is 1. The summed E-state index contributed by atoms with van der Waals surface area (Å²) in [6.45, 7) is 11.8. The number of ether oxygens (including phenoxy) is 1. The van der Waals surface area contributed by atoms with Crippen LogP contribution < -0.4 is 4.72 Å². The number of benzene rings is 2. The third-order valence-corrected chi connectivity index (χ3v) is 8.35. The van der Waals surface area contributed by atoms with Crippen LogP contribution in [-0.4, -0.2) is 66.4 Å². The van der Waals surface area contributed by atoms with Gasteiger partial charge >= 0.3 is 16.3 Å². The fraction of sp³-hybridized carbons (Fsp3) is 0.387. The summed E-state index contributed by atoms with van der Waals surface area (Å²) < 4.78 is 54.2. The normalized spacial score (nSPS) is 16.3. The van der Waals surface area contributed by atoms with E-state index in [1.807, 2.05) is 32.9 Å². The molecule has 1 aliphatic rings. The van der Waals surface area contributed by atoms with Gasteiger partial charge in [-0.2, -0.15) is 8.42 Å². The van der Waals surface area contributed by atoms with E-state index in [9.17, 15) is 17.6 Å². The molecule has 2 aromatic carbocycles. The molecule has 3 aromatic rings. The van der Waals surface area contributed by atoms with Gasteiger partial charge in [0.1, 0.15) is 16.6 Å². The molecular weight excluding hydrogens is 628 g/mol. The molecule has 1 N–H and O–H groups in total. The van der Waals surface area contributed by atoms with Gasteiger partial charge < -0.3 is 14.5 Å². The fourth-order valence-electron chi connectivity index (χ4n) is 4.86. The Kier molecular flexibility index (Phi) is 10.1. The van der Waals surface area contributed by atoms with E-state index in [2.05, 4.69) is 14.1 Å². The maximum atomic E-state index is 14.6. The first kappa shape index (κ1) is 33.5. The number of hydrogen-bond donors (Lipinski definition) is 1. The Hall–Kier alpha value is -3.41. The summed E-state index contributed by atoms with van der Waals surface area (Å²) in [6, 6.07) is 14.1. The molecule has 0 bridgehead atoms. The van der Waals surface area contributed by atoms with E-state index in [0.29, 0.717) is 5.69 Å². The highest BCUT2D eigenvalue weighted by atomic mass is 35.5. The van der Waals surface area contributed by atoms with Crippen LogP contribution in [0.2, 0.25) is 10.2 Å². The van der Waals surface area contributed by atoms with Crippen LogP contribution in [0.1, 0.15) is 58.6 Å². The zero-order valence-electron chi connectivity index (χ0n) is 25.4. The minimum absolute atomic E-state index is 0.0182. The van der Waals surface area contributed by atoms with Gasteiger partial charge in [-0.1, -0.05) is 67.4 Å². The SMILES string of the molecule is CC(C)c1ccccc1NS(=O)(=O)/N=C(/c1cc(Cl)c(-c2ccccc2F)nc1Cl)N1CCN(C(=O)OC(C)(C)C)C[C@@H]1C. The summed E-state index contributed by atoms with van der Waals surface area (Å²) in [6.07, 6.45) is -0.473. The Morgan fingerprint density at radius 2 is 1.77 bits per heavy atom. The van der Waals surface area contributed by atoms with Gasteiger partial charge in [0.25, 0.3) is 0 Å². The van der Waals surface area contributed by atoms with E-state index in [-0.39, 0.29) is 58.4 Å². The molecule has 9 nitrogen and oxygen atoms in total. The lowest BCUT2D eigenvalue weighted by Gasteiger charge is -2.41. The van der Waals surface area contributed by atoms with Crippen molar-refractivity contribution in [2.75, 3.05) is 24.4 Å². The highest BCUT2D eigenvalue weighted by molar-refractivity contribution is 7.91. The second-order valence-corrected chi connectivity index (χ2v) is 13.9. The zero-order chi connectivity index (χ0) is 32.4. The molecule has 0 radical (unpaired) electrons. The van der Waals surface area contributed by atoms with Gasteiger partial charge in [-0.3, -0.25) is 4.72 Å². The minimum atomic E-state index is -4.36. The van der Waals surface area contributed by atoms with Crippen LogP contribution in [0.25, 0.3) is 11.3 Å². The van der Waals surface area contributed by atoms with Crippen molar-refractivity contribution in [3.63, 3.8) is 0 Å². The number of nitrogens with one attached hydrogen (secondary N) is 1. The van der Waals surface area contributed by atoms with Crippen molar-refractivity contribution >= 4 is 51.0 Å². The molecule has 0 spiro atoms. The number of aromatic nitrogens is 1. The maximum absolute atomic E-state index is 14.6. The van der Waals surface area contributed by atoms with Crippen LogP contribution in [-0.2, 0) is 14.9 Å². The number of anilines is 1. The quantitative estimate of drug-likeness (QED) is 0.168. The van der Waals surface area contributed by atoms with Crippen molar-refractivity contribution in [2.24, 2.45) is 4.40 Å². The standard InChI is InChI=1S/C31H36Cl2FN5O4S/c1-19(2)21-11-8-10-14-26(21)36-44(41,42)37-29(39-16-15-38(18-20(39)3)30(40)43-31(4,5)6)23-17-24(32)27(35-28(23)33)22-12-7-9-13-25(22)34/h7-14,17,19-20,36H,15-16,18H2,1-6H3/b37-29-/t20-/m0/s1. The van der Waals surface area contributed by atoms with Gasteiger partial charge in [0, 0.05) is 31.2 Å². The van der Waals surface area contributed by atoms with Crippen LogP contribution in [0.3, 0.4) is 0 Å². The van der Waals surface area contributed by atoms with E-state index in [0.717, 1.165) is 5.56 Å². The summed E-state index contributed by atoms with van der Waals surface area (Å²) in [5.41, 5.74) is 0.897. The van der Waals surface area contributed by atoms with Crippen molar-refractivity contribution in [1.82, 2.24) is 14.8 Å². The fourth-order valence-corrected chi connectivity index (χ4v) is 6.27. The molecule has 1 fully saturated rings. The first-order valence-electron chi connectivity index (χ1n) is 14.1. The molecule has 4 rings (SSSR count). The van der Waals surface area contributed by atoms with Crippen molar-refractivity contribution in [3.8, 4) is 11.3 Å². The summed E-state index contributed by atoms with van der Waals surface area (Å²) in [5.74, 6) is -0.515. The van der Waals surface area contributed by atoms with Crippen molar-refractivity contribution in [3.05, 3.63) is 81.7 Å². The number of carbonyl (C=O) groups is 1. The Balaban J connectivity index is 1.78. The topological polar surface area (TPSA) is 104 Å². The van der Waals surface area contributed by atoms with Crippen LogP contribution >= 0.6 is 23.2 Å². The lowest BCUT2D eigenvalue weighted by Crippen LogP contribution is -2.56. The predicted octanol–water partition coefficient (Wildman–Crippen LogP) is 7.36. The number of para-hydroxylation sites is 1. The molecule has 1 aromatic heterocycles. The van der Waals surface area contributed by atoms with Crippen LogP contribution in [0, 0.1) is 5.82 Å². The van der Waals surface area contributed by atoms with Crippen LogP contribution in [0.15, 0.2) is 59.0 Å². The first-order chi connectivity index (χ1) is 20.6. The Bertz CT molecular complexity index is 1680. The number of amidine groups is 1. The molecule has 1 atom stereocenters. The highest BCUT2D eigenvalue weighted by Gasteiger charge is 2.34. The number of hydrogen-bond acceptors (Lipinski definition) is 5. The van der Waals surface area contributed by atoms with Gasteiger partial charge in [0.05, 0.1) is 22.0 Å². The summed E-state index contributed by atoms with van der Waals surface area (Å²) in [5, 5.41) is -0.0660. The number of nitrogens with zero attached hydrogens (tertiary/aromatic N) is 4. The average Bonchev–Trinajstić information content (AvgIpc) is 2.92. The zero-order valence-corrected chi connectivity index (χ0v) is 27.8. The molecule has 0 unspecified atom stereocenters. The smallest absolute Gasteiger partial charge is 0.410 e. The molecule has 0 aliphatic carbocycles. The molecule has 236 valence electrons. The molecule has 0 saturated carbocycles. The van der Waals surface area contributed by atoms with Crippen molar-refractivity contribution < 1.29 is 22.3 Å². The van der Waals surface area contributed by atoms with E-state index in [1.165, 1.54) is 18.2 Å². The molecule has 1 aliphatic heterocycles. The lowest BCUT2D eigenvalue weighted by atomic mass is 10.0. The number of pyridine rings is 1. The van der Waals surface area contributed by atoms with Gasteiger partial charge in [0.15, 0.2) is 5.84 Å². The predicted molar refractivity (Wildman–Crippen MR) is 173 cm³/mol. The van der Waals surface area contributed by atoms with Crippen LogP contribution in [0.5, 0.6) is 0 Å². The Morgan fingerprint density at radius 3 is 2.41 bits per heavy atom. The van der Waals surface area contributed by atoms with E-state index in [1.54, 1.807) is 54.8 Å². The number of rotatable bonds is 6. The summed E-state index contributed by atoms with van der Waals surface area (Å²) in [7, 11) is -4.36. The molecule has 1 saturated heterocycles. The third-order valence-electron chi connectivity index (χ3n) is 6.88. The molecule has 13 heteroatoms. The Labute approximate surface area is 268 Å². The molecular formula is C31H36Cl2FN5O4S. The average molecular weight is 665 g/mol. The minimum Gasteiger partial charge on any atom is -0.444 e. The lowest BCUT2D eigenvalue weighted by molar-refractivity contribution is 0.0134. The largest absolute Gasteiger partial charge is 0.444 e. The summed E-state index contributed by atoms with van der Waals surface area (Å²) in [4.78, 5) is 20.5. The van der Waals surface area contributed by atoms with Gasteiger partial charge in [-0.25, -0.2) is 14.2 Å². The number of amides is 1. The van der Waals surface area contributed by atoms with E-state index in [4.69, 9.17) is 27.9 Å². The molecule has 1 amide bonds. The second-order valence-electron chi connectivity index (χ2n) is 11.8. The molecule has 2 heterocycles. The Morgan fingerprint density at radius 1 is 1.11 bits per heavy atom. The monoisotopic (exact) mass is 663 g/mol. The van der Waals surface area contributed by atoms with Crippen molar-refractivity contribution in [1.29, 1.82) is 0 Å². The summed E-state index contributed by atoms with van der Waals surface area (Å²) >= 11 is 13.3. The first-order valence-corrected chi connectivity index (χ1v) is 16.3. The van der Waals surface area contributed by atoms with Crippen LogP contribution in [0.4, 0.5) is 14.9 Å². The maximum Gasteiger partial charge on any atom is 0.410 e. The number of halogens is 3. The van der Waals surface area contributed by atoms with Crippen molar-refractivity contribution in [2.45, 2.75) is 59.1 Å². The molecule has 44 heavy (non-hydrogen) atoms. The van der Waals surface area contributed by atoms with Gasteiger partial charge in [-0.05, 0) is 63.4 Å². The second kappa shape index (κ2) is 13.3. The van der Waals surface area contributed by atoms with E-state index >= 15 is 0 Å². The third kappa shape index (κ3) is 7.99. The van der Waals surface area contributed by atoms with E-state index < -0.39 is 33.8 Å². The van der Waals surface area contributed by atoms with Gasteiger partial charge in [-0.15, -0.1) is 4.40 Å². The number of carbonyl (C=O) groups excluding carboxylic acids is 1. The highest BCUT2D eigenvalue weighted by Crippen LogP contribution is 2.33.